The van der Waals surface area contributed by atoms with E-state index in [1.807, 2.05) is 27.7 Å². The number of aliphatic hydroxyl groups excluding tert-OH is 1. The highest BCUT2D eigenvalue weighted by atomic mass is 16.5. The van der Waals surface area contributed by atoms with Crippen molar-refractivity contribution in [2.24, 2.45) is 5.92 Å². The smallest absolute Gasteiger partial charge is 0.239 e. The highest BCUT2D eigenvalue weighted by molar-refractivity contribution is 5.54. The Hall–Kier alpha value is -1.49. The van der Waals surface area contributed by atoms with Crippen molar-refractivity contribution in [2.45, 2.75) is 39.8 Å². The predicted octanol–water partition coefficient (Wildman–Crippen LogP) is 1.88. The van der Waals surface area contributed by atoms with Gasteiger partial charge in [-0.05, 0) is 31.9 Å². The van der Waals surface area contributed by atoms with Crippen LogP contribution in [0.4, 0.5) is 11.5 Å². The van der Waals surface area contributed by atoms with Crippen LogP contribution in [0.2, 0.25) is 0 Å². The van der Waals surface area contributed by atoms with E-state index in [4.69, 9.17) is 10.5 Å². The average Bonchev–Trinajstić information content (AvgIpc) is 2.29. The quantitative estimate of drug-likeness (QED) is 0.721. The number of aliphatic hydroxyl groups is 1. The van der Waals surface area contributed by atoms with Gasteiger partial charge in [-0.3, -0.25) is 0 Å². The number of nitrogen functional groups attached to an aromatic ring is 1. The summed E-state index contributed by atoms with van der Waals surface area (Å²) >= 11 is 0. The average molecular weight is 253 g/mol. The van der Waals surface area contributed by atoms with Crippen LogP contribution in [0, 0.1) is 5.92 Å². The normalized spacial score (nSPS) is 12.8. The highest BCUT2D eigenvalue weighted by Gasteiger charge is 2.13. The molecule has 0 aliphatic rings. The Balaban J connectivity index is 2.84. The number of pyridine rings is 1. The van der Waals surface area contributed by atoms with Gasteiger partial charge in [0.05, 0.1) is 24.4 Å². The van der Waals surface area contributed by atoms with Gasteiger partial charge in [0.2, 0.25) is 5.88 Å². The molecule has 0 aliphatic carbocycles. The Kier molecular flexibility index (Phi) is 5.22. The number of rotatable bonds is 6. The topological polar surface area (TPSA) is 80.4 Å². The second kappa shape index (κ2) is 6.44. The van der Waals surface area contributed by atoms with E-state index in [9.17, 15) is 5.11 Å². The van der Waals surface area contributed by atoms with Crippen molar-refractivity contribution in [1.29, 1.82) is 0 Å². The molecule has 1 heterocycles. The number of hydrogen-bond acceptors (Lipinski definition) is 5. The Morgan fingerprint density at radius 3 is 2.50 bits per heavy atom. The number of aromatic nitrogens is 1. The van der Waals surface area contributed by atoms with Crippen LogP contribution in [0.1, 0.15) is 27.7 Å². The first-order valence-electron chi connectivity index (χ1n) is 6.24. The Morgan fingerprint density at radius 2 is 2.00 bits per heavy atom. The van der Waals surface area contributed by atoms with E-state index >= 15 is 0 Å². The van der Waals surface area contributed by atoms with E-state index in [1.165, 1.54) is 0 Å². The van der Waals surface area contributed by atoms with Gasteiger partial charge < -0.3 is 20.9 Å². The number of hydrogen-bond donors (Lipinski definition) is 3. The maximum atomic E-state index is 9.28. The molecule has 1 aromatic rings. The van der Waals surface area contributed by atoms with Crippen LogP contribution in [-0.2, 0) is 0 Å². The minimum atomic E-state index is -0.0342. The fourth-order valence-electron chi connectivity index (χ4n) is 1.46. The van der Waals surface area contributed by atoms with Gasteiger partial charge in [0.25, 0.3) is 0 Å². The molecule has 0 saturated heterocycles. The lowest BCUT2D eigenvalue weighted by molar-refractivity contribution is 0.233. The summed E-state index contributed by atoms with van der Waals surface area (Å²) < 4.78 is 5.52. The lowest BCUT2D eigenvalue weighted by atomic mass is 10.1. The zero-order valence-electron chi connectivity index (χ0n) is 11.5. The second-order valence-electron chi connectivity index (χ2n) is 4.93. The third-order valence-corrected chi connectivity index (χ3v) is 2.57. The van der Waals surface area contributed by atoms with Crippen LogP contribution in [0.5, 0.6) is 5.88 Å². The van der Waals surface area contributed by atoms with Gasteiger partial charge in [-0.1, -0.05) is 13.8 Å². The first kappa shape index (κ1) is 14.6. The third-order valence-electron chi connectivity index (χ3n) is 2.57. The van der Waals surface area contributed by atoms with Gasteiger partial charge in [0.15, 0.2) is 0 Å². The van der Waals surface area contributed by atoms with E-state index in [1.54, 1.807) is 12.1 Å². The van der Waals surface area contributed by atoms with E-state index in [0.717, 1.165) is 0 Å². The molecule has 0 bridgehead atoms. The first-order chi connectivity index (χ1) is 8.43. The minimum absolute atomic E-state index is 0.0220. The van der Waals surface area contributed by atoms with Crippen LogP contribution in [0.15, 0.2) is 12.1 Å². The van der Waals surface area contributed by atoms with E-state index in [2.05, 4.69) is 10.3 Å². The predicted molar refractivity (Wildman–Crippen MR) is 73.7 cm³/mol. The molecule has 0 aromatic carbocycles. The highest BCUT2D eigenvalue weighted by Crippen LogP contribution is 2.22. The molecule has 1 unspecified atom stereocenters. The zero-order chi connectivity index (χ0) is 13.7. The maximum Gasteiger partial charge on any atom is 0.239 e. The Morgan fingerprint density at radius 1 is 1.33 bits per heavy atom. The molecule has 5 heteroatoms. The van der Waals surface area contributed by atoms with Crippen LogP contribution >= 0.6 is 0 Å². The molecular weight excluding hydrogens is 230 g/mol. The van der Waals surface area contributed by atoms with E-state index in [-0.39, 0.29) is 18.8 Å². The summed E-state index contributed by atoms with van der Waals surface area (Å²) in [5.74, 6) is 1.40. The van der Waals surface area contributed by atoms with Gasteiger partial charge in [-0.15, -0.1) is 0 Å². The summed E-state index contributed by atoms with van der Waals surface area (Å²) in [7, 11) is 0. The fourth-order valence-corrected chi connectivity index (χ4v) is 1.46. The van der Waals surface area contributed by atoms with Crippen LogP contribution in [-0.4, -0.2) is 28.8 Å². The molecule has 0 aliphatic heterocycles. The standard InChI is InChI=1S/C13H23N3O2/c1-8(2)11(7-17)15-12-6-5-10(14)13(16-12)18-9(3)4/h5-6,8-9,11,17H,7,14H2,1-4H3,(H,15,16). The molecule has 5 nitrogen and oxygen atoms in total. The van der Waals surface area contributed by atoms with Crippen molar-refractivity contribution >= 4 is 11.5 Å². The van der Waals surface area contributed by atoms with Gasteiger partial charge in [-0.25, -0.2) is 0 Å². The molecule has 0 fully saturated rings. The molecule has 18 heavy (non-hydrogen) atoms. The summed E-state index contributed by atoms with van der Waals surface area (Å²) in [6, 6.07) is 3.50. The molecule has 0 saturated carbocycles. The summed E-state index contributed by atoms with van der Waals surface area (Å²) in [5, 5.41) is 12.5. The van der Waals surface area contributed by atoms with Gasteiger partial charge >= 0.3 is 0 Å². The number of nitrogens with zero attached hydrogens (tertiary/aromatic N) is 1. The molecule has 0 spiro atoms. The lowest BCUT2D eigenvalue weighted by Crippen LogP contribution is -2.29. The molecule has 4 N–H and O–H groups in total. The van der Waals surface area contributed by atoms with E-state index < -0.39 is 0 Å². The monoisotopic (exact) mass is 253 g/mol. The van der Waals surface area contributed by atoms with Crippen molar-refractivity contribution in [3.8, 4) is 5.88 Å². The van der Waals surface area contributed by atoms with Crippen molar-refractivity contribution in [1.82, 2.24) is 4.98 Å². The zero-order valence-corrected chi connectivity index (χ0v) is 11.5. The van der Waals surface area contributed by atoms with Crippen molar-refractivity contribution in [3.63, 3.8) is 0 Å². The maximum absolute atomic E-state index is 9.28. The number of nitrogens with one attached hydrogen (secondary N) is 1. The van der Waals surface area contributed by atoms with Crippen LogP contribution < -0.4 is 15.8 Å². The summed E-state index contributed by atoms with van der Waals surface area (Å²) in [5.41, 5.74) is 6.31. The molecular formula is C13H23N3O2. The molecule has 1 aromatic heterocycles. The van der Waals surface area contributed by atoms with Crippen molar-refractivity contribution in [2.75, 3.05) is 17.7 Å². The second-order valence-corrected chi connectivity index (χ2v) is 4.93. The number of ether oxygens (including phenoxy) is 1. The summed E-state index contributed by atoms with van der Waals surface area (Å²) in [4.78, 5) is 4.31. The Bertz CT molecular complexity index is 380. The SMILES string of the molecule is CC(C)Oc1nc(NC(CO)C(C)C)ccc1N. The lowest BCUT2D eigenvalue weighted by Gasteiger charge is -2.21. The minimum Gasteiger partial charge on any atom is -0.473 e. The molecule has 1 rings (SSSR count). The van der Waals surface area contributed by atoms with Crippen LogP contribution in [0.3, 0.4) is 0 Å². The first-order valence-corrected chi connectivity index (χ1v) is 6.24. The third kappa shape index (κ3) is 4.07. The van der Waals surface area contributed by atoms with Gasteiger partial charge in [0, 0.05) is 0 Å². The molecule has 0 radical (unpaired) electrons. The fraction of sp³-hybridized carbons (Fsp3) is 0.615. The summed E-state index contributed by atoms with van der Waals surface area (Å²) in [6.07, 6.45) is 0.0220. The van der Waals surface area contributed by atoms with Gasteiger partial charge in [0.1, 0.15) is 5.82 Å². The largest absolute Gasteiger partial charge is 0.473 e. The molecule has 0 amide bonds. The number of nitrogens with two attached hydrogens (primary N) is 1. The summed E-state index contributed by atoms with van der Waals surface area (Å²) in [6.45, 7) is 7.98. The number of anilines is 2. The van der Waals surface area contributed by atoms with Crippen molar-refractivity contribution in [3.05, 3.63) is 12.1 Å². The van der Waals surface area contributed by atoms with Gasteiger partial charge in [-0.2, -0.15) is 4.98 Å². The molecule has 102 valence electrons. The Labute approximate surface area is 108 Å². The molecule has 1 atom stereocenters. The van der Waals surface area contributed by atoms with Crippen LogP contribution in [0.25, 0.3) is 0 Å². The van der Waals surface area contributed by atoms with E-state index in [0.29, 0.717) is 23.3 Å². The van der Waals surface area contributed by atoms with Crippen molar-refractivity contribution < 1.29 is 9.84 Å².